The molecule has 1 saturated heterocycles. The van der Waals surface area contributed by atoms with E-state index in [9.17, 15) is 5.11 Å². The van der Waals surface area contributed by atoms with E-state index in [2.05, 4.69) is 14.1 Å². The van der Waals surface area contributed by atoms with E-state index >= 15 is 0 Å². The van der Waals surface area contributed by atoms with Gasteiger partial charge in [0.05, 0.1) is 6.10 Å². The quantitative estimate of drug-likeness (QED) is 0.589. The zero-order chi connectivity index (χ0) is 8.27. The van der Waals surface area contributed by atoms with E-state index in [4.69, 9.17) is 5.11 Å². The minimum atomic E-state index is -0.314. The molecule has 1 aliphatic rings. The van der Waals surface area contributed by atoms with Crippen molar-refractivity contribution in [1.29, 1.82) is 0 Å². The smallest absolute Gasteiger partial charge is 0.0603 e. The largest absolute Gasteiger partial charge is 0.396 e. The summed E-state index contributed by atoms with van der Waals surface area (Å²) in [5.74, 6) is 0.361. The second kappa shape index (κ2) is 4.36. The van der Waals surface area contributed by atoms with Crippen LogP contribution in [0.1, 0.15) is 12.8 Å². The average Bonchev–Trinajstić information content (AvgIpc) is 2.36. The van der Waals surface area contributed by atoms with Crippen LogP contribution in [-0.4, -0.2) is 40.7 Å². The Morgan fingerprint density at radius 1 is 1.64 bits per heavy atom. The highest BCUT2D eigenvalue weighted by molar-refractivity contribution is 7.13. The first-order chi connectivity index (χ1) is 5.24. The summed E-state index contributed by atoms with van der Waals surface area (Å²) in [4.78, 5) is 0. The molecular formula is C7H16NO2P. The van der Waals surface area contributed by atoms with E-state index in [1.807, 2.05) is 0 Å². The zero-order valence-corrected chi connectivity index (χ0v) is 7.76. The van der Waals surface area contributed by atoms with Crippen molar-refractivity contribution in [1.82, 2.24) is 4.67 Å². The third-order valence-corrected chi connectivity index (χ3v) is 2.69. The third kappa shape index (κ3) is 2.68. The van der Waals surface area contributed by atoms with Gasteiger partial charge in [-0.25, -0.2) is 0 Å². The maximum Gasteiger partial charge on any atom is 0.0603 e. The summed E-state index contributed by atoms with van der Waals surface area (Å²) < 4.78 is 2.13. The summed E-state index contributed by atoms with van der Waals surface area (Å²) in [6.45, 7) is 2.07. The highest BCUT2D eigenvalue weighted by atomic mass is 31.0. The van der Waals surface area contributed by atoms with Gasteiger partial charge in [-0.15, -0.1) is 0 Å². The molecule has 66 valence electrons. The van der Waals surface area contributed by atoms with Gasteiger partial charge in [-0.2, -0.15) is 0 Å². The van der Waals surface area contributed by atoms with Gasteiger partial charge in [0.2, 0.25) is 0 Å². The standard InChI is InChI=1S/C7H16NO2P/c9-4-2-7(10)6-1-3-8(11)5-6/h6-7,9-10H,1-5,11H2/t6-,7+/m0/s1. The number of rotatable bonds is 3. The van der Waals surface area contributed by atoms with Crippen LogP contribution in [0, 0.1) is 5.92 Å². The van der Waals surface area contributed by atoms with E-state index in [0.717, 1.165) is 19.5 Å². The summed E-state index contributed by atoms with van der Waals surface area (Å²) in [6.07, 6.45) is 1.25. The Bertz CT molecular complexity index is 123. The Morgan fingerprint density at radius 3 is 2.82 bits per heavy atom. The minimum absolute atomic E-state index is 0.0918. The van der Waals surface area contributed by atoms with Crippen molar-refractivity contribution in [2.45, 2.75) is 18.9 Å². The number of hydrogen-bond donors (Lipinski definition) is 2. The van der Waals surface area contributed by atoms with Crippen molar-refractivity contribution >= 4 is 9.39 Å². The van der Waals surface area contributed by atoms with E-state index < -0.39 is 0 Å². The number of aliphatic hydroxyl groups excluding tert-OH is 2. The highest BCUT2D eigenvalue weighted by Gasteiger charge is 2.25. The summed E-state index contributed by atoms with van der Waals surface area (Å²) >= 11 is 0. The normalized spacial score (nSPS) is 29.2. The fourth-order valence-corrected chi connectivity index (χ4v) is 1.92. The molecule has 0 amide bonds. The van der Waals surface area contributed by atoms with Crippen molar-refractivity contribution in [3.05, 3.63) is 0 Å². The molecule has 0 spiro atoms. The van der Waals surface area contributed by atoms with Crippen LogP contribution in [-0.2, 0) is 0 Å². The molecule has 0 aromatic heterocycles. The van der Waals surface area contributed by atoms with Crippen LogP contribution in [0.2, 0.25) is 0 Å². The molecule has 1 aliphatic heterocycles. The summed E-state index contributed by atoms with van der Waals surface area (Å²) in [5, 5.41) is 18.1. The highest BCUT2D eigenvalue weighted by Crippen LogP contribution is 2.23. The van der Waals surface area contributed by atoms with Crippen molar-refractivity contribution < 1.29 is 10.2 Å². The Morgan fingerprint density at radius 2 is 2.36 bits per heavy atom. The molecule has 0 aromatic carbocycles. The molecule has 0 radical (unpaired) electrons. The van der Waals surface area contributed by atoms with Crippen LogP contribution in [0.5, 0.6) is 0 Å². The van der Waals surface area contributed by atoms with Gasteiger partial charge in [0.15, 0.2) is 0 Å². The Balaban J connectivity index is 2.25. The van der Waals surface area contributed by atoms with Gasteiger partial charge in [0.25, 0.3) is 0 Å². The molecule has 1 rings (SSSR count). The second-order valence-electron chi connectivity index (χ2n) is 3.12. The van der Waals surface area contributed by atoms with E-state index in [1.54, 1.807) is 0 Å². The molecular weight excluding hydrogens is 161 g/mol. The molecule has 11 heavy (non-hydrogen) atoms. The topological polar surface area (TPSA) is 43.7 Å². The van der Waals surface area contributed by atoms with Crippen LogP contribution in [0.3, 0.4) is 0 Å². The van der Waals surface area contributed by atoms with Crippen LogP contribution < -0.4 is 0 Å². The first-order valence-electron chi connectivity index (χ1n) is 4.02. The van der Waals surface area contributed by atoms with Gasteiger partial charge in [-0.3, -0.25) is 4.67 Å². The van der Waals surface area contributed by atoms with Crippen LogP contribution in [0.25, 0.3) is 0 Å². The Labute approximate surface area is 69.7 Å². The SMILES string of the molecule is OCC[C@@H](O)[C@H]1CCN(P)C1. The molecule has 3 atom stereocenters. The molecule has 1 fully saturated rings. The first kappa shape index (κ1) is 9.40. The lowest BCUT2D eigenvalue weighted by Crippen LogP contribution is -2.23. The Hall–Kier alpha value is 0.310. The van der Waals surface area contributed by atoms with Crippen LogP contribution in [0.15, 0.2) is 0 Å². The van der Waals surface area contributed by atoms with E-state index in [1.165, 1.54) is 0 Å². The van der Waals surface area contributed by atoms with Crippen molar-refractivity contribution in [3.63, 3.8) is 0 Å². The lowest BCUT2D eigenvalue weighted by atomic mass is 10.00. The molecule has 0 saturated carbocycles. The van der Waals surface area contributed by atoms with Gasteiger partial charge in [0, 0.05) is 19.7 Å². The first-order valence-corrected chi connectivity index (χ1v) is 4.54. The number of aliphatic hydroxyl groups is 2. The number of nitrogens with zero attached hydrogens (tertiary/aromatic N) is 1. The Kier molecular flexibility index (Phi) is 3.73. The fourth-order valence-electron chi connectivity index (χ4n) is 1.50. The molecule has 2 N–H and O–H groups in total. The van der Waals surface area contributed by atoms with Gasteiger partial charge in [-0.05, 0) is 18.8 Å². The summed E-state index contributed by atoms with van der Waals surface area (Å²) in [6, 6.07) is 0. The van der Waals surface area contributed by atoms with Crippen molar-refractivity contribution in [2.75, 3.05) is 19.7 Å². The molecule has 1 unspecified atom stereocenters. The van der Waals surface area contributed by atoms with Gasteiger partial charge >= 0.3 is 0 Å². The average molecular weight is 177 g/mol. The number of hydrogen-bond acceptors (Lipinski definition) is 3. The fraction of sp³-hybridized carbons (Fsp3) is 1.00. The molecule has 1 heterocycles. The lowest BCUT2D eigenvalue weighted by Gasteiger charge is -2.16. The summed E-state index contributed by atoms with van der Waals surface area (Å²) in [7, 11) is 2.64. The third-order valence-electron chi connectivity index (χ3n) is 2.23. The minimum Gasteiger partial charge on any atom is -0.396 e. The maximum absolute atomic E-state index is 9.47. The van der Waals surface area contributed by atoms with Gasteiger partial charge in [0.1, 0.15) is 0 Å². The predicted molar refractivity (Wildman–Crippen MR) is 47.1 cm³/mol. The molecule has 0 bridgehead atoms. The van der Waals surface area contributed by atoms with Crippen LogP contribution in [0.4, 0.5) is 0 Å². The molecule has 4 heteroatoms. The molecule has 3 nitrogen and oxygen atoms in total. The predicted octanol–water partition coefficient (Wildman–Crippen LogP) is -0.158. The van der Waals surface area contributed by atoms with Crippen LogP contribution >= 0.6 is 9.39 Å². The monoisotopic (exact) mass is 177 g/mol. The van der Waals surface area contributed by atoms with E-state index in [-0.39, 0.29) is 12.7 Å². The second-order valence-corrected chi connectivity index (χ2v) is 3.85. The maximum atomic E-state index is 9.47. The zero-order valence-electron chi connectivity index (χ0n) is 6.61. The van der Waals surface area contributed by atoms with Crippen molar-refractivity contribution in [2.24, 2.45) is 5.92 Å². The molecule has 0 aromatic rings. The van der Waals surface area contributed by atoms with Gasteiger partial charge < -0.3 is 10.2 Å². The molecule has 0 aliphatic carbocycles. The lowest BCUT2D eigenvalue weighted by molar-refractivity contribution is 0.0846. The summed E-state index contributed by atoms with van der Waals surface area (Å²) in [5.41, 5.74) is 0. The van der Waals surface area contributed by atoms with Crippen molar-refractivity contribution in [3.8, 4) is 0 Å². The van der Waals surface area contributed by atoms with Gasteiger partial charge in [-0.1, -0.05) is 9.39 Å². The van der Waals surface area contributed by atoms with E-state index in [0.29, 0.717) is 12.3 Å².